The van der Waals surface area contributed by atoms with Gasteiger partial charge >= 0.3 is 5.97 Å². The van der Waals surface area contributed by atoms with E-state index in [0.717, 1.165) is 4.90 Å². The molecule has 2 rings (SSSR count). The molecule has 1 aromatic carbocycles. The molecule has 1 aliphatic heterocycles. The van der Waals surface area contributed by atoms with Crippen LogP contribution < -0.4 is 10.1 Å². The average Bonchev–Trinajstić information content (AvgIpc) is 2.55. The van der Waals surface area contributed by atoms with Crippen LogP contribution >= 0.6 is 22.6 Å². The first-order chi connectivity index (χ1) is 11.0. The molecule has 1 heterocycles. The van der Waals surface area contributed by atoms with Gasteiger partial charge in [-0.25, -0.2) is 4.79 Å². The molecule has 0 radical (unpaired) electrons. The van der Waals surface area contributed by atoms with Gasteiger partial charge in [-0.05, 0) is 12.1 Å². The van der Waals surface area contributed by atoms with Gasteiger partial charge in [-0.2, -0.15) is 0 Å². The third kappa shape index (κ3) is 3.91. The summed E-state index contributed by atoms with van der Waals surface area (Å²) in [6.07, 6.45) is -1.91. The third-order valence-corrected chi connectivity index (χ3v) is 4.24. The standard InChI is InChI=1S/C14H15IN2O6/c15-6-9-11(12(19)17(9)13(20)14(21)22)16-10(18)7-23-8-4-2-1-3-5-8/h1-5,9,11,13,20H,6-7H2,(H,16,18)(H,21,22). The number of aliphatic carboxylic acids is 1. The van der Waals surface area contributed by atoms with Crippen LogP contribution in [0.2, 0.25) is 0 Å². The van der Waals surface area contributed by atoms with Crippen LogP contribution in [-0.4, -0.2) is 62.2 Å². The normalized spacial score (nSPS) is 21.3. The van der Waals surface area contributed by atoms with Crippen LogP contribution in [0.4, 0.5) is 0 Å². The molecule has 3 atom stereocenters. The number of carboxylic acids is 1. The van der Waals surface area contributed by atoms with Gasteiger partial charge in [-0.15, -0.1) is 0 Å². The number of hydrogen-bond acceptors (Lipinski definition) is 5. The first-order valence-electron chi connectivity index (χ1n) is 6.72. The Kier molecular flexibility index (Phi) is 5.77. The van der Waals surface area contributed by atoms with E-state index >= 15 is 0 Å². The number of nitrogens with one attached hydrogen (secondary N) is 1. The van der Waals surface area contributed by atoms with E-state index in [0.29, 0.717) is 10.2 Å². The lowest BCUT2D eigenvalue weighted by Gasteiger charge is -2.47. The lowest BCUT2D eigenvalue weighted by atomic mass is 9.96. The number of carbonyl (C=O) groups excluding carboxylic acids is 2. The summed E-state index contributed by atoms with van der Waals surface area (Å²) in [7, 11) is 0. The first kappa shape index (κ1) is 17.5. The molecule has 3 N–H and O–H groups in total. The van der Waals surface area contributed by atoms with Crippen molar-refractivity contribution in [3.63, 3.8) is 0 Å². The van der Waals surface area contributed by atoms with Crippen LogP contribution in [0.15, 0.2) is 30.3 Å². The van der Waals surface area contributed by atoms with Crippen molar-refractivity contribution in [3.05, 3.63) is 30.3 Å². The Labute approximate surface area is 145 Å². The smallest absolute Gasteiger partial charge is 0.354 e. The Bertz CT molecular complexity index is 596. The summed E-state index contributed by atoms with van der Waals surface area (Å²) >= 11 is 1.96. The summed E-state index contributed by atoms with van der Waals surface area (Å²) in [5.41, 5.74) is 0. The summed E-state index contributed by atoms with van der Waals surface area (Å²) in [6, 6.07) is 7.30. The van der Waals surface area contributed by atoms with Crippen molar-refractivity contribution in [1.82, 2.24) is 10.2 Å². The number of rotatable bonds is 7. The minimum absolute atomic E-state index is 0.261. The minimum atomic E-state index is -1.91. The first-order valence-corrected chi connectivity index (χ1v) is 8.24. The summed E-state index contributed by atoms with van der Waals surface area (Å²) < 4.78 is 5.64. The Balaban J connectivity index is 1.88. The summed E-state index contributed by atoms with van der Waals surface area (Å²) in [4.78, 5) is 35.4. The van der Waals surface area contributed by atoms with Gasteiger partial charge in [-0.3, -0.25) is 14.5 Å². The number of halogens is 1. The van der Waals surface area contributed by atoms with Crippen LogP contribution in [0.1, 0.15) is 0 Å². The summed E-state index contributed by atoms with van der Waals surface area (Å²) in [5, 5.41) is 20.8. The van der Waals surface area contributed by atoms with E-state index in [-0.39, 0.29) is 6.61 Å². The van der Waals surface area contributed by atoms with Crippen LogP contribution in [0.25, 0.3) is 0 Å². The maximum atomic E-state index is 11.9. The SMILES string of the molecule is O=C(COc1ccccc1)NC1C(=O)N(C(O)C(=O)O)C1CI. The molecule has 8 nitrogen and oxygen atoms in total. The molecule has 0 aliphatic carbocycles. The number of aliphatic hydroxyl groups is 1. The van der Waals surface area contributed by atoms with E-state index in [4.69, 9.17) is 9.84 Å². The molecule has 1 fully saturated rings. The zero-order chi connectivity index (χ0) is 17.0. The zero-order valence-corrected chi connectivity index (χ0v) is 14.0. The van der Waals surface area contributed by atoms with Gasteiger partial charge in [0.2, 0.25) is 12.1 Å². The van der Waals surface area contributed by atoms with Crippen molar-refractivity contribution in [2.45, 2.75) is 18.3 Å². The second kappa shape index (κ2) is 7.59. The highest BCUT2D eigenvalue weighted by Gasteiger charge is 2.52. The van der Waals surface area contributed by atoms with Crippen LogP contribution in [0, 0.1) is 0 Å². The molecule has 1 saturated heterocycles. The Hall–Kier alpha value is -1.88. The second-order valence-corrected chi connectivity index (χ2v) is 5.71. The average molecular weight is 434 g/mol. The predicted octanol–water partition coefficient (Wildman–Crippen LogP) is -0.401. The van der Waals surface area contributed by atoms with Gasteiger partial charge in [0.1, 0.15) is 11.8 Å². The number of nitrogens with zero attached hydrogens (tertiary/aromatic N) is 1. The van der Waals surface area contributed by atoms with E-state index in [1.807, 2.05) is 28.7 Å². The number of hydrogen-bond donors (Lipinski definition) is 3. The monoisotopic (exact) mass is 434 g/mol. The number of likely N-dealkylation sites (tertiary alicyclic amines) is 1. The number of carbonyl (C=O) groups is 3. The Morgan fingerprint density at radius 2 is 2.00 bits per heavy atom. The van der Waals surface area contributed by atoms with Gasteiger partial charge in [0.25, 0.3) is 5.91 Å². The number of ether oxygens (including phenoxy) is 1. The maximum Gasteiger partial charge on any atom is 0.354 e. The molecular formula is C14H15IN2O6. The number of aliphatic hydroxyl groups excluding tert-OH is 1. The van der Waals surface area contributed by atoms with E-state index in [1.165, 1.54) is 0 Å². The minimum Gasteiger partial charge on any atom is -0.484 e. The second-order valence-electron chi connectivity index (χ2n) is 4.83. The van der Waals surface area contributed by atoms with Gasteiger partial charge in [0, 0.05) is 4.43 Å². The summed E-state index contributed by atoms with van der Waals surface area (Å²) in [6.45, 7) is -0.261. The van der Waals surface area contributed by atoms with E-state index < -0.39 is 36.1 Å². The highest BCUT2D eigenvalue weighted by Crippen LogP contribution is 2.24. The predicted molar refractivity (Wildman–Crippen MR) is 87.0 cm³/mol. The molecular weight excluding hydrogens is 419 g/mol. The topological polar surface area (TPSA) is 116 Å². The largest absolute Gasteiger partial charge is 0.484 e. The fourth-order valence-corrected chi connectivity index (χ4v) is 3.12. The van der Waals surface area contributed by atoms with Gasteiger partial charge in [0.05, 0.1) is 6.04 Å². The fraction of sp³-hybridized carbons (Fsp3) is 0.357. The van der Waals surface area contributed by atoms with Crippen molar-refractivity contribution in [1.29, 1.82) is 0 Å². The Morgan fingerprint density at radius 1 is 1.35 bits per heavy atom. The molecule has 1 aliphatic rings. The molecule has 1 aromatic rings. The maximum absolute atomic E-state index is 11.9. The molecule has 0 saturated carbocycles. The van der Waals surface area contributed by atoms with E-state index in [1.54, 1.807) is 24.3 Å². The molecule has 0 aromatic heterocycles. The molecule has 23 heavy (non-hydrogen) atoms. The Morgan fingerprint density at radius 3 is 2.57 bits per heavy atom. The van der Waals surface area contributed by atoms with Crippen molar-refractivity contribution in [2.75, 3.05) is 11.0 Å². The molecule has 3 unspecified atom stereocenters. The number of alkyl halides is 1. The van der Waals surface area contributed by atoms with Crippen LogP contribution in [0.5, 0.6) is 5.75 Å². The number of para-hydroxylation sites is 1. The van der Waals surface area contributed by atoms with Crippen molar-refractivity contribution >= 4 is 40.4 Å². The van der Waals surface area contributed by atoms with Gasteiger partial charge < -0.3 is 20.3 Å². The summed E-state index contributed by atoms with van der Waals surface area (Å²) in [5.74, 6) is -2.11. The molecule has 124 valence electrons. The quantitative estimate of drug-likeness (QED) is 0.306. The van der Waals surface area contributed by atoms with Crippen LogP contribution in [0.3, 0.4) is 0 Å². The fourth-order valence-electron chi connectivity index (χ4n) is 2.19. The molecule has 2 amide bonds. The molecule has 9 heteroatoms. The number of carboxylic acid groups (broad SMARTS) is 1. The van der Waals surface area contributed by atoms with Crippen molar-refractivity contribution < 1.29 is 29.3 Å². The number of β-lactam (4-membered cyclic amide) rings is 1. The van der Waals surface area contributed by atoms with Crippen LogP contribution in [-0.2, 0) is 14.4 Å². The van der Waals surface area contributed by atoms with Gasteiger partial charge in [-0.1, -0.05) is 40.8 Å². The van der Waals surface area contributed by atoms with Gasteiger partial charge in [0.15, 0.2) is 6.61 Å². The van der Waals surface area contributed by atoms with Crippen molar-refractivity contribution in [3.8, 4) is 5.75 Å². The number of benzene rings is 1. The highest BCUT2D eigenvalue weighted by molar-refractivity contribution is 14.1. The molecule has 0 spiro atoms. The van der Waals surface area contributed by atoms with Crippen molar-refractivity contribution in [2.24, 2.45) is 0 Å². The molecule has 0 bridgehead atoms. The zero-order valence-electron chi connectivity index (χ0n) is 11.9. The van der Waals surface area contributed by atoms with E-state index in [2.05, 4.69) is 5.32 Å². The third-order valence-electron chi connectivity index (χ3n) is 3.33. The lowest BCUT2D eigenvalue weighted by molar-refractivity contribution is -0.182. The number of amides is 2. The highest BCUT2D eigenvalue weighted by atomic mass is 127. The lowest BCUT2D eigenvalue weighted by Crippen LogP contribution is -2.74. The van der Waals surface area contributed by atoms with E-state index in [9.17, 15) is 19.5 Å².